The van der Waals surface area contributed by atoms with E-state index < -0.39 is 5.82 Å². The van der Waals surface area contributed by atoms with Crippen LogP contribution in [-0.4, -0.2) is 15.9 Å². The molecule has 1 fully saturated rings. The van der Waals surface area contributed by atoms with Gasteiger partial charge in [-0.3, -0.25) is 10.1 Å². The first kappa shape index (κ1) is 17.0. The lowest BCUT2D eigenvalue weighted by molar-refractivity contribution is -0.115. The molecule has 2 N–H and O–H groups in total. The zero-order chi connectivity index (χ0) is 17.6. The standard InChI is InChI=1S/C18H21ClFN3O/c1-5-13(24)22-17-21-9(2)16(23-17)15-14(18(15,3)4)10-6-7-12(20)11(19)8-10/h6-8,14-15H,5H2,1-4H3,(H2,21,22,23,24). The molecule has 1 aliphatic carbocycles. The number of H-pyrrole nitrogens is 1. The van der Waals surface area contributed by atoms with Crippen molar-refractivity contribution in [2.75, 3.05) is 5.32 Å². The molecule has 1 heterocycles. The Labute approximate surface area is 145 Å². The summed E-state index contributed by atoms with van der Waals surface area (Å²) in [5.74, 6) is 0.408. The summed E-state index contributed by atoms with van der Waals surface area (Å²) < 4.78 is 13.4. The van der Waals surface area contributed by atoms with E-state index in [0.29, 0.717) is 12.4 Å². The fraction of sp³-hybridized carbons (Fsp3) is 0.444. The molecular weight excluding hydrogens is 329 g/mol. The van der Waals surface area contributed by atoms with E-state index >= 15 is 0 Å². The molecule has 2 unspecified atom stereocenters. The Hall–Kier alpha value is -1.88. The van der Waals surface area contributed by atoms with Gasteiger partial charge in [-0.1, -0.05) is 38.4 Å². The Morgan fingerprint density at radius 1 is 1.42 bits per heavy atom. The van der Waals surface area contributed by atoms with Crippen molar-refractivity contribution >= 4 is 23.5 Å². The number of anilines is 1. The number of nitrogens with zero attached hydrogens (tertiary/aromatic N) is 1. The second-order valence-corrected chi connectivity index (χ2v) is 7.35. The topological polar surface area (TPSA) is 57.8 Å². The van der Waals surface area contributed by atoms with Crippen LogP contribution in [-0.2, 0) is 4.79 Å². The van der Waals surface area contributed by atoms with Crippen LogP contribution in [0, 0.1) is 18.2 Å². The number of aromatic amines is 1. The van der Waals surface area contributed by atoms with Gasteiger partial charge < -0.3 is 4.98 Å². The smallest absolute Gasteiger partial charge is 0.226 e. The van der Waals surface area contributed by atoms with Gasteiger partial charge in [-0.25, -0.2) is 9.37 Å². The normalized spacial score (nSPS) is 21.6. The van der Waals surface area contributed by atoms with Crippen molar-refractivity contribution in [3.63, 3.8) is 0 Å². The van der Waals surface area contributed by atoms with Crippen molar-refractivity contribution in [1.29, 1.82) is 0 Å². The highest BCUT2D eigenvalue weighted by atomic mass is 35.5. The van der Waals surface area contributed by atoms with Crippen molar-refractivity contribution in [3.05, 3.63) is 46.0 Å². The van der Waals surface area contributed by atoms with Gasteiger partial charge in [0.05, 0.1) is 10.7 Å². The van der Waals surface area contributed by atoms with E-state index in [1.165, 1.54) is 6.07 Å². The number of hydrogen-bond acceptors (Lipinski definition) is 2. The summed E-state index contributed by atoms with van der Waals surface area (Å²) in [5.41, 5.74) is 2.89. The van der Waals surface area contributed by atoms with Gasteiger partial charge in [0.25, 0.3) is 0 Å². The molecule has 1 aliphatic rings. The molecule has 1 amide bonds. The van der Waals surface area contributed by atoms with Crippen LogP contribution in [0.25, 0.3) is 0 Å². The predicted molar refractivity (Wildman–Crippen MR) is 92.9 cm³/mol. The first-order valence-corrected chi connectivity index (χ1v) is 8.44. The monoisotopic (exact) mass is 349 g/mol. The Balaban J connectivity index is 1.89. The van der Waals surface area contributed by atoms with Gasteiger partial charge in [-0.05, 0) is 36.0 Å². The largest absolute Gasteiger partial charge is 0.328 e. The highest BCUT2D eigenvalue weighted by molar-refractivity contribution is 6.30. The minimum Gasteiger partial charge on any atom is -0.328 e. The summed E-state index contributed by atoms with van der Waals surface area (Å²) in [4.78, 5) is 19.3. The van der Waals surface area contributed by atoms with Crippen molar-refractivity contribution in [2.45, 2.75) is 46.0 Å². The van der Waals surface area contributed by atoms with E-state index in [-0.39, 0.29) is 28.2 Å². The van der Waals surface area contributed by atoms with Gasteiger partial charge in [0.1, 0.15) is 5.82 Å². The van der Waals surface area contributed by atoms with E-state index in [2.05, 4.69) is 29.1 Å². The number of amides is 1. The van der Waals surface area contributed by atoms with Crippen molar-refractivity contribution in [1.82, 2.24) is 9.97 Å². The van der Waals surface area contributed by atoms with E-state index in [9.17, 15) is 9.18 Å². The molecule has 4 nitrogen and oxygen atoms in total. The average Bonchev–Trinajstić information content (AvgIpc) is 2.89. The molecule has 3 rings (SSSR count). The Morgan fingerprint density at radius 2 is 2.12 bits per heavy atom. The van der Waals surface area contributed by atoms with E-state index in [1.807, 2.05) is 6.92 Å². The third-order valence-corrected chi connectivity index (χ3v) is 5.22. The Bertz CT molecular complexity index is 800. The van der Waals surface area contributed by atoms with Crippen LogP contribution < -0.4 is 5.32 Å². The maximum absolute atomic E-state index is 13.4. The molecule has 0 saturated heterocycles. The van der Waals surface area contributed by atoms with Crippen molar-refractivity contribution < 1.29 is 9.18 Å². The molecule has 1 aromatic carbocycles. The molecule has 0 aliphatic heterocycles. The number of imidazole rings is 1. The zero-order valence-electron chi connectivity index (χ0n) is 14.2. The van der Waals surface area contributed by atoms with Crippen LogP contribution in [0.4, 0.5) is 10.3 Å². The lowest BCUT2D eigenvalue weighted by Crippen LogP contribution is -2.10. The minimum atomic E-state index is -0.407. The van der Waals surface area contributed by atoms with Gasteiger partial charge in [0, 0.05) is 18.0 Å². The molecule has 128 valence electrons. The van der Waals surface area contributed by atoms with Crippen LogP contribution in [0.3, 0.4) is 0 Å². The van der Waals surface area contributed by atoms with Crippen LogP contribution in [0.15, 0.2) is 18.2 Å². The Morgan fingerprint density at radius 3 is 2.75 bits per heavy atom. The summed E-state index contributed by atoms with van der Waals surface area (Å²) in [6.07, 6.45) is 0.403. The molecule has 24 heavy (non-hydrogen) atoms. The number of rotatable bonds is 4. The number of aromatic nitrogens is 2. The minimum absolute atomic E-state index is 0.00680. The molecule has 0 bridgehead atoms. The molecule has 6 heteroatoms. The molecule has 1 aromatic heterocycles. The summed E-state index contributed by atoms with van der Waals surface area (Å²) in [6.45, 7) is 8.08. The molecule has 0 radical (unpaired) electrons. The fourth-order valence-corrected chi connectivity index (χ4v) is 3.72. The summed E-state index contributed by atoms with van der Waals surface area (Å²) in [7, 11) is 0. The Kier molecular flexibility index (Phi) is 4.16. The quantitative estimate of drug-likeness (QED) is 0.835. The molecule has 2 atom stereocenters. The van der Waals surface area contributed by atoms with Crippen molar-refractivity contribution in [2.24, 2.45) is 5.41 Å². The van der Waals surface area contributed by atoms with Gasteiger partial charge in [-0.15, -0.1) is 0 Å². The number of carbonyl (C=O) groups excluding carboxylic acids is 1. The zero-order valence-corrected chi connectivity index (χ0v) is 15.0. The summed E-state index contributed by atoms with van der Waals surface area (Å²) >= 11 is 5.94. The third-order valence-electron chi connectivity index (χ3n) is 4.93. The maximum atomic E-state index is 13.4. The summed E-state index contributed by atoms with van der Waals surface area (Å²) in [6, 6.07) is 4.90. The molecule has 2 aromatic rings. The molecular formula is C18H21ClFN3O. The van der Waals surface area contributed by atoms with Crippen LogP contribution >= 0.6 is 11.6 Å². The predicted octanol–water partition coefficient (Wildman–Crippen LogP) is 4.77. The average molecular weight is 350 g/mol. The van der Waals surface area contributed by atoms with Crippen LogP contribution in [0.5, 0.6) is 0 Å². The van der Waals surface area contributed by atoms with Gasteiger partial charge >= 0.3 is 0 Å². The van der Waals surface area contributed by atoms with E-state index in [0.717, 1.165) is 17.0 Å². The second-order valence-electron chi connectivity index (χ2n) is 6.95. The van der Waals surface area contributed by atoms with Gasteiger partial charge in [0.2, 0.25) is 11.9 Å². The number of carbonyl (C=O) groups is 1. The van der Waals surface area contributed by atoms with Gasteiger partial charge in [0.15, 0.2) is 0 Å². The number of nitrogens with one attached hydrogen (secondary N) is 2. The first-order valence-electron chi connectivity index (χ1n) is 8.07. The summed E-state index contributed by atoms with van der Waals surface area (Å²) in [5, 5.41) is 2.90. The SMILES string of the molecule is CCC(=O)Nc1nc(C2C(c3ccc(F)c(Cl)c3)C2(C)C)c(C)[nH]1. The fourth-order valence-electron chi connectivity index (χ4n) is 3.53. The molecule has 1 saturated carbocycles. The highest BCUT2D eigenvalue weighted by Gasteiger charge is 2.60. The highest BCUT2D eigenvalue weighted by Crippen LogP contribution is 2.70. The number of aryl methyl sites for hydroxylation is 1. The lowest BCUT2D eigenvalue weighted by atomic mass is 10.0. The van der Waals surface area contributed by atoms with Crippen LogP contribution in [0.2, 0.25) is 5.02 Å². The lowest BCUT2D eigenvalue weighted by Gasteiger charge is -2.03. The van der Waals surface area contributed by atoms with Gasteiger partial charge in [-0.2, -0.15) is 0 Å². The first-order chi connectivity index (χ1) is 11.3. The van der Waals surface area contributed by atoms with Crippen molar-refractivity contribution in [3.8, 4) is 0 Å². The number of benzene rings is 1. The maximum Gasteiger partial charge on any atom is 0.226 e. The third kappa shape index (κ3) is 2.81. The van der Waals surface area contributed by atoms with E-state index in [4.69, 9.17) is 11.6 Å². The van der Waals surface area contributed by atoms with E-state index in [1.54, 1.807) is 19.1 Å². The molecule has 0 spiro atoms. The number of halogens is 2. The number of hydrogen-bond donors (Lipinski definition) is 2. The van der Waals surface area contributed by atoms with Crippen LogP contribution in [0.1, 0.15) is 56.0 Å². The second kappa shape index (κ2) is 5.88.